The Bertz CT molecular complexity index is 377. The van der Waals surface area contributed by atoms with Gasteiger partial charge in [0.2, 0.25) is 0 Å². The molecule has 0 amide bonds. The third-order valence-corrected chi connectivity index (χ3v) is 3.23. The second-order valence-electron chi connectivity index (χ2n) is 3.96. The smallest absolute Gasteiger partial charge is 0.198 e. The van der Waals surface area contributed by atoms with Crippen molar-refractivity contribution in [2.45, 2.75) is 24.8 Å². The predicted octanol–water partition coefficient (Wildman–Crippen LogP) is 1.47. The maximum absolute atomic E-state index is 9.35. The largest absolute Gasteiger partial charge is 0.490 e. The van der Waals surface area contributed by atoms with Gasteiger partial charge in [-0.15, -0.1) is 0 Å². The summed E-state index contributed by atoms with van der Waals surface area (Å²) in [5, 5.41) is 12.8. The van der Waals surface area contributed by atoms with Gasteiger partial charge < -0.3 is 15.2 Å². The molecule has 1 aromatic rings. The van der Waals surface area contributed by atoms with Crippen LogP contribution in [-0.2, 0) is 0 Å². The normalized spacial score (nSPS) is 17.7. The molecule has 5 nitrogen and oxygen atoms in total. The molecule has 1 heterocycles. The highest BCUT2D eigenvalue weighted by Crippen LogP contribution is 2.38. The maximum atomic E-state index is 9.35. The Kier molecular flexibility index (Phi) is 3.16. The van der Waals surface area contributed by atoms with Crippen LogP contribution in [0.15, 0.2) is 6.33 Å². The molecule has 6 heteroatoms. The molecular weight excluding hydrogens is 230 g/mol. The molecule has 1 aliphatic carbocycles. The third-order valence-electron chi connectivity index (χ3n) is 2.96. The van der Waals surface area contributed by atoms with Crippen LogP contribution >= 0.6 is 11.6 Å². The first kappa shape index (κ1) is 11.4. The number of ether oxygens (including phenoxy) is 1. The fourth-order valence-electron chi connectivity index (χ4n) is 1.80. The lowest BCUT2D eigenvalue weighted by molar-refractivity contribution is 0.143. The molecule has 2 rings (SSSR count). The van der Waals surface area contributed by atoms with Crippen LogP contribution in [0.5, 0.6) is 5.75 Å². The van der Waals surface area contributed by atoms with Gasteiger partial charge in [-0.2, -0.15) is 0 Å². The van der Waals surface area contributed by atoms with E-state index in [1.807, 2.05) is 0 Å². The van der Waals surface area contributed by atoms with Crippen LogP contribution in [0, 0.1) is 0 Å². The number of aromatic nitrogens is 2. The molecule has 0 atom stereocenters. The lowest BCUT2D eigenvalue weighted by Gasteiger charge is -2.41. The van der Waals surface area contributed by atoms with Crippen molar-refractivity contribution in [2.75, 3.05) is 19.0 Å². The van der Waals surface area contributed by atoms with E-state index in [1.54, 1.807) is 0 Å². The van der Waals surface area contributed by atoms with E-state index >= 15 is 0 Å². The van der Waals surface area contributed by atoms with E-state index in [2.05, 4.69) is 15.3 Å². The predicted molar refractivity (Wildman–Crippen MR) is 60.9 cm³/mol. The summed E-state index contributed by atoms with van der Waals surface area (Å²) in [7, 11) is 1.52. The van der Waals surface area contributed by atoms with Gasteiger partial charge in [0, 0.05) is 0 Å². The van der Waals surface area contributed by atoms with Gasteiger partial charge in [-0.3, -0.25) is 0 Å². The van der Waals surface area contributed by atoms with Gasteiger partial charge >= 0.3 is 0 Å². The van der Waals surface area contributed by atoms with Gasteiger partial charge in [-0.25, -0.2) is 9.97 Å². The zero-order valence-electron chi connectivity index (χ0n) is 9.03. The Morgan fingerprint density at radius 3 is 2.81 bits per heavy atom. The van der Waals surface area contributed by atoms with Crippen molar-refractivity contribution >= 4 is 17.4 Å². The molecule has 2 N–H and O–H groups in total. The molecule has 1 aromatic heterocycles. The van der Waals surface area contributed by atoms with Crippen LogP contribution in [0.3, 0.4) is 0 Å². The summed E-state index contributed by atoms with van der Waals surface area (Å²) in [6.45, 7) is 0.0811. The second-order valence-corrected chi connectivity index (χ2v) is 4.32. The molecular formula is C10H14ClN3O2. The van der Waals surface area contributed by atoms with E-state index in [4.69, 9.17) is 16.3 Å². The summed E-state index contributed by atoms with van der Waals surface area (Å²) in [6.07, 6.45) is 4.33. The number of hydrogen-bond donors (Lipinski definition) is 2. The zero-order chi connectivity index (χ0) is 11.6. The Morgan fingerprint density at radius 1 is 1.56 bits per heavy atom. The molecule has 16 heavy (non-hydrogen) atoms. The van der Waals surface area contributed by atoms with Crippen LogP contribution in [0.4, 0.5) is 5.82 Å². The zero-order valence-corrected chi connectivity index (χ0v) is 9.79. The summed E-state index contributed by atoms with van der Waals surface area (Å²) in [6, 6.07) is 0. The van der Waals surface area contributed by atoms with Crippen LogP contribution in [0.25, 0.3) is 0 Å². The highest BCUT2D eigenvalue weighted by molar-refractivity contribution is 6.31. The Morgan fingerprint density at radius 2 is 2.31 bits per heavy atom. The lowest BCUT2D eigenvalue weighted by Crippen LogP contribution is -2.48. The van der Waals surface area contributed by atoms with Crippen molar-refractivity contribution in [2.24, 2.45) is 0 Å². The molecule has 0 unspecified atom stereocenters. The first-order chi connectivity index (χ1) is 7.71. The fraction of sp³-hybridized carbons (Fsp3) is 0.600. The standard InChI is InChI=1S/C10H14ClN3O2/c1-16-7-8(11)12-6-13-9(7)14-10(5-15)3-2-4-10/h6,15H,2-5H2,1H3,(H,12,13,14). The summed E-state index contributed by atoms with van der Waals surface area (Å²) >= 11 is 5.88. The van der Waals surface area contributed by atoms with Gasteiger partial charge in [0.15, 0.2) is 16.7 Å². The number of anilines is 1. The molecule has 0 aromatic carbocycles. The maximum Gasteiger partial charge on any atom is 0.198 e. The Labute approximate surface area is 98.8 Å². The topological polar surface area (TPSA) is 67.3 Å². The van der Waals surface area contributed by atoms with E-state index in [9.17, 15) is 5.11 Å². The van der Waals surface area contributed by atoms with Gasteiger partial charge in [0.05, 0.1) is 19.3 Å². The van der Waals surface area contributed by atoms with Crippen LogP contribution in [0.1, 0.15) is 19.3 Å². The molecule has 1 aliphatic rings. The summed E-state index contributed by atoms with van der Waals surface area (Å²) in [4.78, 5) is 7.92. The number of nitrogens with zero attached hydrogens (tertiary/aromatic N) is 2. The van der Waals surface area contributed by atoms with E-state index in [-0.39, 0.29) is 17.3 Å². The van der Waals surface area contributed by atoms with Gasteiger partial charge in [-0.05, 0) is 19.3 Å². The van der Waals surface area contributed by atoms with Crippen molar-refractivity contribution in [3.8, 4) is 5.75 Å². The fourth-order valence-corrected chi connectivity index (χ4v) is 2.01. The second kappa shape index (κ2) is 4.43. The number of aliphatic hydroxyl groups is 1. The summed E-state index contributed by atoms with van der Waals surface area (Å²) < 4.78 is 5.13. The van der Waals surface area contributed by atoms with Gasteiger partial charge in [0.1, 0.15) is 6.33 Å². The van der Waals surface area contributed by atoms with E-state index in [1.165, 1.54) is 13.4 Å². The molecule has 0 bridgehead atoms. The average molecular weight is 244 g/mol. The number of halogens is 1. The number of methoxy groups -OCH3 is 1. The molecule has 0 saturated heterocycles. The molecule has 88 valence electrons. The van der Waals surface area contributed by atoms with E-state index in [0.717, 1.165) is 19.3 Å². The third kappa shape index (κ3) is 1.92. The monoisotopic (exact) mass is 243 g/mol. The minimum atomic E-state index is -0.273. The van der Waals surface area contributed by atoms with Gasteiger partial charge in [0.25, 0.3) is 0 Å². The minimum absolute atomic E-state index is 0.0811. The first-order valence-corrected chi connectivity index (χ1v) is 5.52. The van der Waals surface area contributed by atoms with E-state index < -0.39 is 0 Å². The summed E-state index contributed by atoms with van der Waals surface area (Å²) in [5.41, 5.74) is -0.273. The van der Waals surface area contributed by atoms with Crippen molar-refractivity contribution < 1.29 is 9.84 Å². The average Bonchev–Trinajstić information content (AvgIpc) is 2.23. The first-order valence-electron chi connectivity index (χ1n) is 5.14. The highest BCUT2D eigenvalue weighted by Gasteiger charge is 2.37. The highest BCUT2D eigenvalue weighted by atomic mass is 35.5. The lowest BCUT2D eigenvalue weighted by atomic mass is 9.77. The molecule has 1 fully saturated rings. The molecule has 1 saturated carbocycles. The quantitative estimate of drug-likeness (QED) is 0.784. The minimum Gasteiger partial charge on any atom is -0.490 e. The van der Waals surface area contributed by atoms with Crippen molar-refractivity contribution in [3.63, 3.8) is 0 Å². The Balaban J connectivity index is 2.23. The van der Waals surface area contributed by atoms with Crippen molar-refractivity contribution in [3.05, 3.63) is 11.5 Å². The number of nitrogens with one attached hydrogen (secondary N) is 1. The van der Waals surface area contributed by atoms with Gasteiger partial charge in [-0.1, -0.05) is 11.6 Å². The van der Waals surface area contributed by atoms with Crippen LogP contribution in [0.2, 0.25) is 5.15 Å². The molecule has 0 spiro atoms. The summed E-state index contributed by atoms with van der Waals surface area (Å²) in [5.74, 6) is 0.958. The van der Waals surface area contributed by atoms with Crippen molar-refractivity contribution in [1.29, 1.82) is 0 Å². The van der Waals surface area contributed by atoms with Crippen LogP contribution in [-0.4, -0.2) is 34.3 Å². The van der Waals surface area contributed by atoms with E-state index in [0.29, 0.717) is 11.6 Å². The Hall–Kier alpha value is -1.07. The molecule has 0 radical (unpaired) electrons. The number of hydrogen-bond acceptors (Lipinski definition) is 5. The molecule has 0 aliphatic heterocycles. The number of aliphatic hydroxyl groups excluding tert-OH is 1. The number of rotatable bonds is 4. The van der Waals surface area contributed by atoms with Crippen LogP contribution < -0.4 is 10.1 Å². The SMILES string of the molecule is COc1c(Cl)ncnc1NC1(CO)CCC1. The van der Waals surface area contributed by atoms with Crippen molar-refractivity contribution in [1.82, 2.24) is 9.97 Å².